The van der Waals surface area contributed by atoms with E-state index in [1.54, 1.807) is 34.6 Å². The van der Waals surface area contributed by atoms with Crippen LogP contribution < -0.4 is 5.32 Å². The summed E-state index contributed by atoms with van der Waals surface area (Å²) >= 11 is 0. The van der Waals surface area contributed by atoms with E-state index in [0.29, 0.717) is 18.1 Å². The largest absolute Gasteiger partial charge is 0.445 e. The number of aliphatic hydroxyl groups is 1. The minimum Gasteiger partial charge on any atom is -0.445 e. The van der Waals surface area contributed by atoms with Crippen molar-refractivity contribution in [1.82, 2.24) is 15.2 Å². The van der Waals surface area contributed by atoms with E-state index in [0.717, 1.165) is 0 Å². The zero-order chi connectivity index (χ0) is 18.1. The number of aryl methyl sites for hydroxylation is 2. The molecule has 0 atom stereocenters. The molecule has 8 heteroatoms. The number of aromatic nitrogens is 1. The van der Waals surface area contributed by atoms with Gasteiger partial charge < -0.3 is 24.5 Å². The second kappa shape index (κ2) is 6.43. The molecular weight excluding hydrogens is 314 g/mol. The van der Waals surface area contributed by atoms with Crippen molar-refractivity contribution >= 4 is 12.0 Å². The number of aliphatic hydroxyl groups excluding tert-OH is 1. The van der Waals surface area contributed by atoms with Crippen molar-refractivity contribution in [3.05, 3.63) is 17.3 Å². The molecule has 1 aromatic rings. The molecule has 0 aromatic carbocycles. The summed E-state index contributed by atoms with van der Waals surface area (Å²) in [5.41, 5.74) is -1.03. The highest BCUT2D eigenvalue weighted by Crippen LogP contribution is 2.27. The highest BCUT2D eigenvalue weighted by molar-refractivity contribution is 5.94. The molecule has 2 rings (SSSR count). The van der Waals surface area contributed by atoms with E-state index in [2.05, 4.69) is 10.3 Å². The molecule has 2 N–H and O–H groups in total. The summed E-state index contributed by atoms with van der Waals surface area (Å²) in [7, 11) is 0. The number of rotatable bonds is 4. The third-order valence-electron chi connectivity index (χ3n) is 3.73. The average molecular weight is 339 g/mol. The molecule has 0 saturated carbocycles. The van der Waals surface area contributed by atoms with Crippen LogP contribution in [0.1, 0.15) is 49.3 Å². The Balaban J connectivity index is 2.02. The third-order valence-corrected chi connectivity index (χ3v) is 3.73. The highest BCUT2D eigenvalue weighted by Gasteiger charge is 2.47. The summed E-state index contributed by atoms with van der Waals surface area (Å²) in [6.45, 7) is 9.19. The van der Waals surface area contributed by atoms with Gasteiger partial charge in [-0.25, -0.2) is 9.78 Å². The molecule has 2 heterocycles. The Morgan fingerprint density at radius 1 is 1.38 bits per heavy atom. The fourth-order valence-corrected chi connectivity index (χ4v) is 2.69. The molecule has 2 amide bonds. The Labute approximate surface area is 141 Å². The summed E-state index contributed by atoms with van der Waals surface area (Å²) in [6.07, 6.45) is -0.0905. The van der Waals surface area contributed by atoms with Gasteiger partial charge in [0.05, 0.1) is 5.54 Å². The Kier molecular flexibility index (Phi) is 4.89. The number of hydrogen-bond acceptors (Lipinski definition) is 6. The number of amides is 2. The topological polar surface area (TPSA) is 105 Å². The van der Waals surface area contributed by atoms with Crippen LogP contribution in [0.4, 0.5) is 4.79 Å². The lowest BCUT2D eigenvalue weighted by atomic mass is 9.86. The molecule has 1 aliphatic rings. The second-order valence-electron chi connectivity index (χ2n) is 7.18. The van der Waals surface area contributed by atoms with Crippen LogP contribution in [0.2, 0.25) is 0 Å². The molecule has 1 fully saturated rings. The third kappa shape index (κ3) is 4.05. The van der Waals surface area contributed by atoms with Crippen LogP contribution in [0.5, 0.6) is 0 Å². The van der Waals surface area contributed by atoms with Gasteiger partial charge in [-0.05, 0) is 34.1 Å². The lowest BCUT2D eigenvalue weighted by molar-refractivity contribution is -0.0210. The van der Waals surface area contributed by atoms with Gasteiger partial charge in [-0.2, -0.15) is 0 Å². The van der Waals surface area contributed by atoms with E-state index < -0.39 is 17.2 Å². The van der Waals surface area contributed by atoms with E-state index in [4.69, 9.17) is 9.15 Å². The maximum absolute atomic E-state index is 12.4. The van der Waals surface area contributed by atoms with Crippen molar-refractivity contribution < 1.29 is 23.8 Å². The van der Waals surface area contributed by atoms with Crippen LogP contribution >= 0.6 is 0 Å². The summed E-state index contributed by atoms with van der Waals surface area (Å²) in [5, 5.41) is 12.2. The van der Waals surface area contributed by atoms with Crippen molar-refractivity contribution in [2.45, 2.75) is 52.2 Å². The number of likely N-dealkylation sites (tertiary alicyclic amines) is 1. The molecule has 1 saturated heterocycles. The van der Waals surface area contributed by atoms with Gasteiger partial charge in [0.15, 0.2) is 11.6 Å². The van der Waals surface area contributed by atoms with Gasteiger partial charge in [-0.1, -0.05) is 0 Å². The molecule has 134 valence electrons. The van der Waals surface area contributed by atoms with Crippen LogP contribution in [0.25, 0.3) is 0 Å². The number of nitrogens with one attached hydrogen (secondary N) is 1. The van der Waals surface area contributed by atoms with Gasteiger partial charge in [0, 0.05) is 26.6 Å². The van der Waals surface area contributed by atoms with Crippen LogP contribution in [0.3, 0.4) is 0 Å². The van der Waals surface area contributed by atoms with E-state index in [1.165, 1.54) is 4.90 Å². The summed E-state index contributed by atoms with van der Waals surface area (Å²) in [4.78, 5) is 30.0. The smallest absolute Gasteiger partial charge is 0.410 e. The van der Waals surface area contributed by atoms with Gasteiger partial charge in [0.2, 0.25) is 0 Å². The van der Waals surface area contributed by atoms with Gasteiger partial charge in [0.25, 0.3) is 5.91 Å². The first-order valence-corrected chi connectivity index (χ1v) is 7.90. The molecule has 0 unspecified atom stereocenters. The summed E-state index contributed by atoms with van der Waals surface area (Å²) < 4.78 is 10.6. The zero-order valence-electron chi connectivity index (χ0n) is 14.8. The highest BCUT2D eigenvalue weighted by atomic mass is 16.6. The predicted octanol–water partition coefficient (Wildman–Crippen LogP) is 1.39. The van der Waals surface area contributed by atoms with E-state index in [-0.39, 0.29) is 31.3 Å². The monoisotopic (exact) mass is 339 g/mol. The SMILES string of the molecule is Cc1nc(C(=O)NC2(CCO)CN(C(=O)OC(C)(C)C)C2)c(C)o1. The lowest BCUT2D eigenvalue weighted by Crippen LogP contribution is -2.72. The van der Waals surface area contributed by atoms with Gasteiger partial charge in [-0.3, -0.25) is 4.79 Å². The molecule has 0 bridgehead atoms. The zero-order valence-corrected chi connectivity index (χ0v) is 14.8. The van der Waals surface area contributed by atoms with Crippen molar-refractivity contribution in [3.8, 4) is 0 Å². The minimum atomic E-state index is -0.679. The minimum absolute atomic E-state index is 0.0980. The lowest BCUT2D eigenvalue weighted by Gasteiger charge is -2.50. The first kappa shape index (κ1) is 18.3. The number of carbonyl (C=O) groups is 2. The Hall–Kier alpha value is -2.09. The standard InChI is InChI=1S/C16H25N3O5/c1-10-12(17-11(2)23-10)13(21)18-16(6-7-20)8-19(9-16)14(22)24-15(3,4)5/h20H,6-9H2,1-5H3,(H,18,21). The van der Waals surface area contributed by atoms with Gasteiger partial charge >= 0.3 is 6.09 Å². The molecule has 24 heavy (non-hydrogen) atoms. The number of oxazole rings is 1. The van der Waals surface area contributed by atoms with E-state index >= 15 is 0 Å². The fourth-order valence-electron chi connectivity index (χ4n) is 2.69. The Bertz CT molecular complexity index is 626. The quantitative estimate of drug-likeness (QED) is 0.859. The summed E-state index contributed by atoms with van der Waals surface area (Å²) in [5.74, 6) is 0.479. The van der Waals surface area contributed by atoms with Gasteiger partial charge in [-0.15, -0.1) is 0 Å². The molecule has 0 aliphatic carbocycles. The van der Waals surface area contributed by atoms with E-state index in [9.17, 15) is 14.7 Å². The number of carbonyl (C=O) groups excluding carboxylic acids is 2. The molecule has 1 aliphatic heterocycles. The first-order chi connectivity index (χ1) is 11.1. The molecule has 1 aromatic heterocycles. The Morgan fingerprint density at radius 2 is 2.00 bits per heavy atom. The van der Waals surface area contributed by atoms with Crippen LogP contribution in [-0.2, 0) is 4.74 Å². The van der Waals surface area contributed by atoms with Crippen molar-refractivity contribution in [2.24, 2.45) is 0 Å². The van der Waals surface area contributed by atoms with Crippen LogP contribution in [0, 0.1) is 13.8 Å². The second-order valence-corrected chi connectivity index (χ2v) is 7.18. The Morgan fingerprint density at radius 3 is 2.46 bits per heavy atom. The summed E-state index contributed by atoms with van der Waals surface area (Å²) in [6, 6.07) is 0. The maximum atomic E-state index is 12.4. The number of nitrogens with zero attached hydrogens (tertiary/aromatic N) is 2. The van der Waals surface area contributed by atoms with Crippen molar-refractivity contribution in [2.75, 3.05) is 19.7 Å². The predicted molar refractivity (Wildman–Crippen MR) is 85.7 cm³/mol. The average Bonchev–Trinajstić information content (AvgIpc) is 2.72. The normalized spacial score (nSPS) is 16.5. The molecule has 0 radical (unpaired) electrons. The molecule has 8 nitrogen and oxygen atoms in total. The van der Waals surface area contributed by atoms with Gasteiger partial charge in [0.1, 0.15) is 11.4 Å². The van der Waals surface area contributed by atoms with Crippen molar-refractivity contribution in [3.63, 3.8) is 0 Å². The van der Waals surface area contributed by atoms with Crippen LogP contribution in [0.15, 0.2) is 4.42 Å². The van der Waals surface area contributed by atoms with Crippen molar-refractivity contribution in [1.29, 1.82) is 0 Å². The molecular formula is C16H25N3O5. The van der Waals surface area contributed by atoms with E-state index in [1.807, 2.05) is 0 Å². The first-order valence-electron chi connectivity index (χ1n) is 7.90. The maximum Gasteiger partial charge on any atom is 0.410 e. The fraction of sp³-hybridized carbons (Fsp3) is 0.688. The number of ether oxygens (including phenoxy) is 1. The number of hydrogen-bond donors (Lipinski definition) is 2. The molecule has 0 spiro atoms. The van der Waals surface area contributed by atoms with Crippen LogP contribution in [-0.4, -0.2) is 57.8 Å².